The minimum atomic E-state index is -0.887. The van der Waals surface area contributed by atoms with Crippen molar-refractivity contribution in [3.8, 4) is 11.4 Å². The second kappa shape index (κ2) is 8.73. The van der Waals surface area contributed by atoms with Gasteiger partial charge in [-0.05, 0) is 43.2 Å². The molecule has 0 aliphatic carbocycles. The molecule has 3 heterocycles. The summed E-state index contributed by atoms with van der Waals surface area (Å²) in [5.41, 5.74) is 6.86. The summed E-state index contributed by atoms with van der Waals surface area (Å²) >= 11 is 12.2. The molecule has 1 spiro atoms. The van der Waals surface area contributed by atoms with Gasteiger partial charge in [0.25, 0.3) is 5.91 Å². The van der Waals surface area contributed by atoms with E-state index in [1.807, 2.05) is 0 Å². The van der Waals surface area contributed by atoms with Gasteiger partial charge in [0.1, 0.15) is 28.6 Å². The van der Waals surface area contributed by atoms with Crippen molar-refractivity contribution in [2.24, 2.45) is 0 Å². The molecule has 0 radical (unpaired) electrons. The molecule has 8 nitrogen and oxygen atoms in total. The van der Waals surface area contributed by atoms with Crippen LogP contribution in [-0.4, -0.2) is 46.7 Å². The Kier molecular flexibility index (Phi) is 5.85. The Morgan fingerprint density at radius 2 is 2.09 bits per heavy atom. The molecule has 2 aliphatic rings. The monoisotopic (exact) mass is 517 g/mol. The zero-order chi connectivity index (χ0) is 24.9. The van der Waals surface area contributed by atoms with Crippen LogP contribution in [0.25, 0.3) is 5.69 Å². The molecule has 35 heavy (non-hydrogen) atoms. The highest BCUT2D eigenvalue weighted by atomic mass is 35.5. The maximum atomic E-state index is 15.2. The lowest BCUT2D eigenvalue weighted by molar-refractivity contribution is -0.118. The first kappa shape index (κ1) is 23.4. The van der Waals surface area contributed by atoms with Crippen molar-refractivity contribution in [1.29, 1.82) is 0 Å². The van der Waals surface area contributed by atoms with E-state index in [0.29, 0.717) is 47.1 Å². The van der Waals surface area contributed by atoms with Crippen LogP contribution in [0.4, 0.5) is 15.9 Å². The van der Waals surface area contributed by atoms with E-state index in [-0.39, 0.29) is 41.2 Å². The van der Waals surface area contributed by atoms with Crippen LogP contribution < -0.4 is 15.8 Å². The molecule has 1 fully saturated rings. The number of hydrogen-bond acceptors (Lipinski definition) is 5. The number of carbonyl (C=O) groups excluding carboxylic acids is 2. The van der Waals surface area contributed by atoms with Crippen molar-refractivity contribution < 1.29 is 18.7 Å². The Bertz CT molecular complexity index is 1360. The van der Waals surface area contributed by atoms with E-state index >= 15 is 4.39 Å². The zero-order valence-corrected chi connectivity index (χ0v) is 20.3. The number of nitrogens with zero attached hydrogens (tertiary/aromatic N) is 3. The number of likely N-dealkylation sites (tertiary alicyclic amines) is 1. The number of aromatic nitrogens is 2. The summed E-state index contributed by atoms with van der Waals surface area (Å²) in [6, 6.07) is 8.00. The molecule has 0 bridgehead atoms. The van der Waals surface area contributed by atoms with E-state index in [1.54, 1.807) is 29.2 Å². The van der Waals surface area contributed by atoms with Gasteiger partial charge in [0.15, 0.2) is 0 Å². The van der Waals surface area contributed by atoms with Crippen molar-refractivity contribution in [2.45, 2.75) is 24.7 Å². The smallest absolute Gasteiger partial charge is 0.259 e. The summed E-state index contributed by atoms with van der Waals surface area (Å²) in [5, 5.41) is 7.45. The Labute approximate surface area is 210 Å². The number of nitrogen functional groups attached to an aromatic ring is 1. The van der Waals surface area contributed by atoms with Gasteiger partial charge in [0.05, 0.1) is 18.3 Å². The van der Waals surface area contributed by atoms with Crippen LogP contribution in [0.1, 0.15) is 35.2 Å². The molecule has 3 aromatic rings. The third kappa shape index (κ3) is 3.88. The van der Waals surface area contributed by atoms with Gasteiger partial charge in [0.2, 0.25) is 5.91 Å². The maximum Gasteiger partial charge on any atom is 0.259 e. The van der Waals surface area contributed by atoms with E-state index in [4.69, 9.17) is 33.7 Å². The largest absolute Gasteiger partial charge is 0.494 e. The first-order chi connectivity index (χ1) is 16.7. The van der Waals surface area contributed by atoms with Gasteiger partial charge in [-0.15, -0.1) is 0 Å². The summed E-state index contributed by atoms with van der Waals surface area (Å²) in [6.45, 7) is 0.583. The summed E-state index contributed by atoms with van der Waals surface area (Å²) in [4.78, 5) is 27.7. The van der Waals surface area contributed by atoms with Crippen molar-refractivity contribution in [3.63, 3.8) is 0 Å². The molecule has 5 rings (SSSR count). The van der Waals surface area contributed by atoms with Gasteiger partial charge in [0, 0.05) is 41.2 Å². The summed E-state index contributed by atoms with van der Waals surface area (Å²) < 4.78 is 22.0. The molecule has 1 atom stereocenters. The van der Waals surface area contributed by atoms with Crippen molar-refractivity contribution in [1.82, 2.24) is 14.7 Å². The number of hydrogen-bond donors (Lipinski definition) is 2. The van der Waals surface area contributed by atoms with Gasteiger partial charge in [-0.2, -0.15) is 5.10 Å². The standard InChI is InChI=1S/C24H22Cl2FN5O3/c1-35-18-6-3-13(25)9-17(18)32-22(28)14(11-29-32)23(34)31-8-2-7-24(12-31)10-19(33)30-16-5-4-15(26)21(27)20(16)24/h3-6,9,11H,2,7-8,10,12,28H2,1H3,(H,30,33)/t24-/m0/s1. The Morgan fingerprint density at radius 1 is 1.29 bits per heavy atom. The fourth-order valence-electron chi connectivity index (χ4n) is 5.13. The number of nitrogens with two attached hydrogens (primary N) is 1. The van der Waals surface area contributed by atoms with Crippen molar-refractivity contribution in [3.05, 3.63) is 63.5 Å². The number of amides is 2. The number of nitrogens with one attached hydrogen (secondary N) is 1. The number of ether oxygens (including phenoxy) is 1. The van der Waals surface area contributed by atoms with Crippen LogP contribution in [0.3, 0.4) is 0 Å². The molecule has 182 valence electrons. The minimum absolute atomic E-state index is 0.0243. The predicted octanol–water partition coefficient (Wildman–Crippen LogP) is 4.43. The molecule has 11 heteroatoms. The highest BCUT2D eigenvalue weighted by molar-refractivity contribution is 6.31. The molecule has 0 saturated carbocycles. The number of rotatable bonds is 3. The number of piperidine rings is 1. The van der Waals surface area contributed by atoms with Crippen LogP contribution in [0.15, 0.2) is 36.5 Å². The number of carbonyl (C=O) groups is 2. The van der Waals surface area contributed by atoms with Crippen LogP contribution in [-0.2, 0) is 10.2 Å². The number of benzene rings is 2. The molecule has 1 saturated heterocycles. The van der Waals surface area contributed by atoms with Crippen LogP contribution in [0.2, 0.25) is 10.0 Å². The van der Waals surface area contributed by atoms with Crippen LogP contribution in [0.5, 0.6) is 5.75 Å². The molecule has 1 aromatic heterocycles. The summed E-state index contributed by atoms with van der Waals surface area (Å²) in [7, 11) is 1.51. The van der Waals surface area contributed by atoms with Crippen LogP contribution in [0, 0.1) is 5.82 Å². The van der Waals surface area contributed by atoms with Crippen molar-refractivity contribution in [2.75, 3.05) is 31.2 Å². The molecule has 0 unspecified atom stereocenters. The maximum absolute atomic E-state index is 15.2. The summed E-state index contributed by atoms with van der Waals surface area (Å²) in [5.74, 6) is -0.556. The van der Waals surface area contributed by atoms with Crippen LogP contribution >= 0.6 is 23.2 Å². The lowest BCUT2D eigenvalue weighted by atomic mass is 9.69. The van der Waals surface area contributed by atoms with E-state index < -0.39 is 11.2 Å². The second-order valence-corrected chi connectivity index (χ2v) is 9.63. The second-order valence-electron chi connectivity index (χ2n) is 8.79. The number of methoxy groups -OCH3 is 1. The topological polar surface area (TPSA) is 102 Å². The molecule has 3 N–H and O–H groups in total. The molecule has 2 amide bonds. The quantitative estimate of drug-likeness (QED) is 0.535. The van der Waals surface area contributed by atoms with E-state index in [0.717, 1.165) is 0 Å². The molecular weight excluding hydrogens is 496 g/mol. The SMILES string of the molecule is COc1ccc(Cl)cc1-n1ncc(C(=O)N2CCC[C@]3(CC(=O)Nc4ccc(Cl)c(F)c43)C2)c1N. The normalized spacial score (nSPS) is 19.4. The average Bonchev–Trinajstić information content (AvgIpc) is 3.21. The summed E-state index contributed by atoms with van der Waals surface area (Å²) in [6.07, 6.45) is 2.57. The predicted molar refractivity (Wildman–Crippen MR) is 131 cm³/mol. The van der Waals surface area contributed by atoms with Gasteiger partial charge in [-0.1, -0.05) is 23.2 Å². The third-order valence-electron chi connectivity index (χ3n) is 6.67. The number of anilines is 2. The van der Waals surface area contributed by atoms with E-state index in [1.165, 1.54) is 24.1 Å². The van der Waals surface area contributed by atoms with Crippen molar-refractivity contribution >= 4 is 46.5 Å². The number of fused-ring (bicyclic) bond motifs is 2. The van der Waals surface area contributed by atoms with E-state index in [2.05, 4.69) is 10.4 Å². The van der Waals surface area contributed by atoms with Gasteiger partial charge >= 0.3 is 0 Å². The molecular formula is C24H22Cl2FN5O3. The highest BCUT2D eigenvalue weighted by Gasteiger charge is 2.46. The molecule has 2 aliphatic heterocycles. The lowest BCUT2D eigenvalue weighted by Gasteiger charge is -2.45. The van der Waals surface area contributed by atoms with Gasteiger partial charge in [-0.3, -0.25) is 9.59 Å². The Hall–Kier alpha value is -3.30. The fraction of sp³-hybridized carbons (Fsp3) is 0.292. The fourth-order valence-corrected chi connectivity index (χ4v) is 5.45. The van der Waals surface area contributed by atoms with Gasteiger partial charge in [-0.25, -0.2) is 9.07 Å². The highest BCUT2D eigenvalue weighted by Crippen LogP contribution is 2.46. The Balaban J connectivity index is 1.50. The van der Waals surface area contributed by atoms with E-state index in [9.17, 15) is 9.59 Å². The first-order valence-corrected chi connectivity index (χ1v) is 11.7. The number of halogens is 3. The molecule has 2 aromatic carbocycles. The zero-order valence-electron chi connectivity index (χ0n) is 18.8. The lowest BCUT2D eigenvalue weighted by Crippen LogP contribution is -2.52. The Morgan fingerprint density at radius 3 is 2.86 bits per heavy atom. The first-order valence-electron chi connectivity index (χ1n) is 11.0. The van der Waals surface area contributed by atoms with Gasteiger partial charge < -0.3 is 20.7 Å². The minimum Gasteiger partial charge on any atom is -0.494 e. The average molecular weight is 518 g/mol. The third-order valence-corrected chi connectivity index (χ3v) is 7.20.